The van der Waals surface area contributed by atoms with Crippen LogP contribution >= 0.6 is 0 Å². The average molecular weight is 350 g/mol. The summed E-state index contributed by atoms with van der Waals surface area (Å²) >= 11 is 0. The summed E-state index contributed by atoms with van der Waals surface area (Å²) in [6.07, 6.45) is 0. The molecule has 4 atom stereocenters. The third-order valence-corrected chi connectivity index (χ3v) is 5.10. The van der Waals surface area contributed by atoms with Crippen molar-refractivity contribution in [2.45, 2.75) is 37.5 Å². The zero-order valence-electron chi connectivity index (χ0n) is 15.6. The molecule has 2 aliphatic heterocycles. The second kappa shape index (κ2) is 6.86. The summed E-state index contributed by atoms with van der Waals surface area (Å²) in [6.45, 7) is 5.52. The molecule has 0 N–H and O–H groups in total. The van der Waals surface area contributed by atoms with E-state index in [1.807, 2.05) is 0 Å². The fourth-order valence-corrected chi connectivity index (χ4v) is 3.86. The summed E-state index contributed by atoms with van der Waals surface area (Å²) in [4.78, 5) is 7.32. The lowest BCUT2D eigenvalue weighted by molar-refractivity contribution is 0.136. The van der Waals surface area contributed by atoms with E-state index in [0.717, 1.165) is 5.90 Å². The van der Waals surface area contributed by atoms with Crippen LogP contribution in [0.4, 0.5) is 0 Å². The van der Waals surface area contributed by atoms with E-state index in [9.17, 15) is 0 Å². The molecule has 2 aliphatic rings. The molecule has 2 aromatic carbocycles. The van der Waals surface area contributed by atoms with E-state index in [2.05, 4.69) is 79.4 Å². The van der Waals surface area contributed by atoms with E-state index < -0.39 is 0 Å². The number of ether oxygens (including phenoxy) is 2. The maximum Gasteiger partial charge on any atom is 0.203 e. The summed E-state index contributed by atoms with van der Waals surface area (Å²) in [5.41, 5.74) is 2.41. The SMILES string of the molecule is COC[C@@H](c1ccccc1)N1[C@H](c2ccccc2)[C@@H]1C1=NC(C)(C)CO1. The highest BCUT2D eigenvalue weighted by Crippen LogP contribution is 2.51. The van der Waals surface area contributed by atoms with Crippen molar-refractivity contribution in [3.8, 4) is 0 Å². The van der Waals surface area contributed by atoms with Crippen LogP contribution in [0.15, 0.2) is 65.7 Å². The topological polar surface area (TPSA) is 33.8 Å². The van der Waals surface area contributed by atoms with Gasteiger partial charge in [-0.2, -0.15) is 0 Å². The Morgan fingerprint density at radius 2 is 1.73 bits per heavy atom. The molecule has 1 unspecified atom stereocenters. The molecule has 0 aromatic heterocycles. The first kappa shape index (κ1) is 17.3. The van der Waals surface area contributed by atoms with Gasteiger partial charge in [-0.15, -0.1) is 0 Å². The Labute approximate surface area is 155 Å². The zero-order chi connectivity index (χ0) is 18.1. The van der Waals surface area contributed by atoms with E-state index >= 15 is 0 Å². The number of rotatable bonds is 6. The molecule has 2 aromatic rings. The van der Waals surface area contributed by atoms with Crippen LogP contribution in [0.1, 0.15) is 37.1 Å². The monoisotopic (exact) mass is 350 g/mol. The first-order valence-electron chi connectivity index (χ1n) is 9.19. The van der Waals surface area contributed by atoms with Crippen LogP contribution < -0.4 is 0 Å². The van der Waals surface area contributed by atoms with Gasteiger partial charge in [-0.05, 0) is 25.0 Å². The van der Waals surface area contributed by atoms with Crippen LogP contribution in [-0.4, -0.2) is 42.7 Å². The lowest BCUT2D eigenvalue weighted by atomic mass is 10.1. The molecule has 4 rings (SSSR count). The fourth-order valence-electron chi connectivity index (χ4n) is 3.86. The van der Waals surface area contributed by atoms with Gasteiger partial charge in [0.05, 0.1) is 24.2 Å². The summed E-state index contributed by atoms with van der Waals surface area (Å²) in [6, 6.07) is 21.8. The second-order valence-electron chi connectivity index (χ2n) is 7.68. The summed E-state index contributed by atoms with van der Waals surface area (Å²) in [5, 5.41) is 0. The molecule has 4 heteroatoms. The molecule has 2 heterocycles. The van der Waals surface area contributed by atoms with Crippen LogP contribution in [0, 0.1) is 0 Å². The predicted octanol–water partition coefficient (Wildman–Crippen LogP) is 4.01. The lowest BCUT2D eigenvalue weighted by Crippen LogP contribution is -2.21. The van der Waals surface area contributed by atoms with Crippen molar-refractivity contribution in [1.29, 1.82) is 0 Å². The Bertz CT molecular complexity index is 773. The van der Waals surface area contributed by atoms with Gasteiger partial charge >= 0.3 is 0 Å². The maximum absolute atomic E-state index is 6.01. The van der Waals surface area contributed by atoms with Crippen LogP contribution in [0.3, 0.4) is 0 Å². The van der Waals surface area contributed by atoms with Crippen LogP contribution in [0.25, 0.3) is 0 Å². The van der Waals surface area contributed by atoms with E-state index in [1.54, 1.807) is 7.11 Å². The highest BCUT2D eigenvalue weighted by atomic mass is 16.5. The highest BCUT2D eigenvalue weighted by molar-refractivity contribution is 5.88. The number of hydrogen-bond acceptors (Lipinski definition) is 4. The van der Waals surface area contributed by atoms with Gasteiger partial charge in [0.1, 0.15) is 12.6 Å². The number of nitrogens with zero attached hydrogens (tertiary/aromatic N) is 2. The largest absolute Gasteiger partial charge is 0.477 e. The summed E-state index contributed by atoms with van der Waals surface area (Å²) in [7, 11) is 1.76. The molecule has 0 amide bonds. The van der Waals surface area contributed by atoms with Gasteiger partial charge in [0.2, 0.25) is 5.90 Å². The molecule has 0 saturated carbocycles. The molecule has 26 heavy (non-hydrogen) atoms. The van der Waals surface area contributed by atoms with Crippen molar-refractivity contribution in [2.24, 2.45) is 4.99 Å². The predicted molar refractivity (Wildman–Crippen MR) is 103 cm³/mol. The molecule has 0 spiro atoms. The molecule has 1 saturated heterocycles. The molecule has 1 fully saturated rings. The Balaban J connectivity index is 1.69. The third kappa shape index (κ3) is 3.27. The van der Waals surface area contributed by atoms with Crippen molar-refractivity contribution in [3.05, 3.63) is 71.8 Å². The van der Waals surface area contributed by atoms with Gasteiger partial charge in [-0.25, -0.2) is 4.99 Å². The number of methoxy groups -OCH3 is 1. The molecule has 0 aliphatic carbocycles. The van der Waals surface area contributed by atoms with Crippen molar-refractivity contribution >= 4 is 5.90 Å². The number of hydrogen-bond donors (Lipinski definition) is 0. The number of aliphatic imine (C=N–C) groups is 1. The molecule has 4 nitrogen and oxygen atoms in total. The smallest absolute Gasteiger partial charge is 0.203 e. The first-order chi connectivity index (χ1) is 12.6. The van der Waals surface area contributed by atoms with E-state index in [-0.39, 0.29) is 23.7 Å². The Morgan fingerprint density at radius 1 is 1.08 bits per heavy atom. The Hall–Kier alpha value is -2.17. The molecule has 0 bridgehead atoms. The Kier molecular flexibility index (Phi) is 4.55. The zero-order valence-corrected chi connectivity index (χ0v) is 15.6. The van der Waals surface area contributed by atoms with Gasteiger partial charge in [-0.1, -0.05) is 60.7 Å². The normalized spacial score (nSPS) is 27.5. The van der Waals surface area contributed by atoms with Crippen molar-refractivity contribution in [3.63, 3.8) is 0 Å². The second-order valence-corrected chi connectivity index (χ2v) is 7.68. The fraction of sp³-hybridized carbons (Fsp3) is 0.409. The molecular weight excluding hydrogens is 324 g/mol. The first-order valence-corrected chi connectivity index (χ1v) is 9.19. The van der Waals surface area contributed by atoms with Crippen molar-refractivity contribution in [2.75, 3.05) is 20.3 Å². The minimum absolute atomic E-state index is 0.145. The van der Waals surface area contributed by atoms with Crippen molar-refractivity contribution in [1.82, 2.24) is 4.90 Å². The van der Waals surface area contributed by atoms with E-state index in [1.165, 1.54) is 11.1 Å². The summed E-state index contributed by atoms with van der Waals surface area (Å²) in [5.74, 6) is 0.862. The van der Waals surface area contributed by atoms with E-state index in [4.69, 9.17) is 14.5 Å². The minimum atomic E-state index is -0.145. The highest BCUT2D eigenvalue weighted by Gasteiger charge is 2.57. The minimum Gasteiger partial charge on any atom is -0.477 e. The standard InChI is InChI=1S/C22H26N2O2/c1-22(2)15-26-21(23-22)20-19(17-12-8-5-9-13-17)24(20)18(14-25-3)16-10-6-4-7-11-16/h4-13,18-20H,14-15H2,1-3H3/t18-,19+,20+,24?/m0/s1. The molecule has 136 valence electrons. The van der Waals surface area contributed by atoms with Gasteiger partial charge in [0.15, 0.2) is 0 Å². The van der Waals surface area contributed by atoms with E-state index in [0.29, 0.717) is 13.2 Å². The maximum atomic E-state index is 6.01. The Morgan fingerprint density at radius 3 is 2.31 bits per heavy atom. The van der Waals surface area contributed by atoms with Gasteiger partial charge in [0, 0.05) is 7.11 Å². The summed E-state index contributed by atoms with van der Waals surface area (Å²) < 4.78 is 11.6. The number of benzene rings is 2. The van der Waals surface area contributed by atoms with Crippen LogP contribution in [-0.2, 0) is 9.47 Å². The quantitative estimate of drug-likeness (QED) is 0.738. The molecule has 0 radical (unpaired) electrons. The van der Waals surface area contributed by atoms with Crippen LogP contribution in [0.5, 0.6) is 0 Å². The lowest BCUT2D eigenvalue weighted by Gasteiger charge is -2.19. The van der Waals surface area contributed by atoms with Crippen LogP contribution in [0.2, 0.25) is 0 Å². The van der Waals surface area contributed by atoms with Gasteiger partial charge in [-0.3, -0.25) is 4.90 Å². The average Bonchev–Trinajstić information content (AvgIpc) is 3.29. The molecular formula is C22H26N2O2. The van der Waals surface area contributed by atoms with Gasteiger partial charge in [0.25, 0.3) is 0 Å². The van der Waals surface area contributed by atoms with Gasteiger partial charge < -0.3 is 9.47 Å². The third-order valence-electron chi connectivity index (χ3n) is 5.10. The van der Waals surface area contributed by atoms with Crippen molar-refractivity contribution < 1.29 is 9.47 Å².